The van der Waals surface area contributed by atoms with Crippen LogP contribution in [0.5, 0.6) is 0 Å². The molecule has 3 heterocycles. The summed E-state index contributed by atoms with van der Waals surface area (Å²) in [5.74, 6) is 1.07. The molecule has 3 aromatic rings. The van der Waals surface area contributed by atoms with Gasteiger partial charge in [-0.15, -0.1) is 0 Å². The van der Waals surface area contributed by atoms with E-state index in [1.807, 2.05) is 18.2 Å². The predicted octanol–water partition coefficient (Wildman–Crippen LogP) is 5.49. The van der Waals surface area contributed by atoms with Crippen LogP contribution in [0.15, 0.2) is 36.5 Å². The van der Waals surface area contributed by atoms with Crippen molar-refractivity contribution in [2.24, 2.45) is 0 Å². The van der Waals surface area contributed by atoms with Crippen molar-refractivity contribution in [3.05, 3.63) is 47.5 Å². The molecule has 0 saturated carbocycles. The van der Waals surface area contributed by atoms with Gasteiger partial charge >= 0.3 is 0 Å². The molecule has 1 aliphatic heterocycles. The molecule has 0 radical (unpaired) electrons. The quantitative estimate of drug-likeness (QED) is 0.307. The zero-order chi connectivity index (χ0) is 20.4. The maximum absolute atomic E-state index is 6.03. The molecule has 29 heavy (non-hydrogen) atoms. The van der Waals surface area contributed by atoms with Crippen molar-refractivity contribution < 1.29 is 4.74 Å². The van der Waals surface area contributed by atoms with Crippen molar-refractivity contribution in [2.75, 3.05) is 13.2 Å². The number of hydrogen-bond acceptors (Lipinski definition) is 4. The normalized spacial score (nSPS) is 17.3. The third-order valence-electron chi connectivity index (χ3n) is 5.36. The number of pyridine rings is 1. The minimum absolute atomic E-state index is 0.297. The van der Waals surface area contributed by atoms with Crippen LogP contribution in [0.25, 0.3) is 22.2 Å². The van der Waals surface area contributed by atoms with Gasteiger partial charge in [-0.1, -0.05) is 37.3 Å². The van der Waals surface area contributed by atoms with Crippen molar-refractivity contribution in [3.8, 4) is 11.3 Å². The highest BCUT2D eigenvalue weighted by atomic mass is 35.5. The Kier molecular flexibility index (Phi) is 6.06. The summed E-state index contributed by atoms with van der Waals surface area (Å²) in [7, 11) is -1.09. The summed E-state index contributed by atoms with van der Waals surface area (Å²) in [6.45, 7) is 9.54. The van der Waals surface area contributed by atoms with Gasteiger partial charge < -0.3 is 14.6 Å². The first-order chi connectivity index (χ1) is 13.9. The molecule has 1 fully saturated rings. The summed E-state index contributed by atoms with van der Waals surface area (Å²) in [4.78, 5) is 9.38. The Morgan fingerprint density at radius 2 is 2.07 bits per heavy atom. The fourth-order valence-corrected chi connectivity index (χ4v) is 4.57. The van der Waals surface area contributed by atoms with Crippen LogP contribution in [-0.4, -0.2) is 35.8 Å². The van der Waals surface area contributed by atoms with E-state index in [2.05, 4.69) is 52.8 Å². The number of nitrogens with one attached hydrogen (secondary N) is 1. The predicted molar refractivity (Wildman–Crippen MR) is 122 cm³/mol. The first-order valence-electron chi connectivity index (χ1n) is 10.3. The number of aromatic nitrogens is 3. The lowest BCUT2D eigenvalue weighted by molar-refractivity contribution is 0.0840. The Hall–Kier alpha value is -1.73. The molecule has 0 spiro atoms. The van der Waals surface area contributed by atoms with Crippen molar-refractivity contribution in [3.63, 3.8) is 0 Å². The van der Waals surface area contributed by atoms with Crippen LogP contribution in [0.4, 0.5) is 0 Å². The fourth-order valence-electron chi connectivity index (χ4n) is 3.66. The molecule has 5 nitrogen and oxygen atoms in total. The van der Waals surface area contributed by atoms with E-state index in [9.17, 15) is 0 Å². The smallest absolute Gasteiger partial charge is 0.129 e. The first-order valence-corrected chi connectivity index (χ1v) is 14.4. The summed E-state index contributed by atoms with van der Waals surface area (Å²) < 4.78 is 8.21. The van der Waals surface area contributed by atoms with Gasteiger partial charge in [0, 0.05) is 31.8 Å². The van der Waals surface area contributed by atoms with Crippen molar-refractivity contribution in [1.29, 1.82) is 0 Å². The van der Waals surface area contributed by atoms with Crippen molar-refractivity contribution >= 4 is 30.6 Å². The lowest BCUT2D eigenvalue weighted by atomic mass is 10.1. The maximum Gasteiger partial charge on any atom is 0.129 e. The SMILES string of the molecule is C[Si](C)(C)CCOCn1cc(-c2ccc3nc(Cl)ccc3c2)nc1C1CCCN1. The summed E-state index contributed by atoms with van der Waals surface area (Å²) in [6, 6.07) is 11.5. The van der Waals surface area contributed by atoms with Crippen LogP contribution in [0, 0.1) is 0 Å². The van der Waals surface area contributed by atoms with E-state index >= 15 is 0 Å². The summed E-state index contributed by atoms with van der Waals surface area (Å²) in [5.41, 5.74) is 2.95. The number of fused-ring (bicyclic) bond motifs is 1. The van der Waals surface area contributed by atoms with E-state index < -0.39 is 8.07 Å². The molecule has 1 aliphatic rings. The minimum Gasteiger partial charge on any atom is -0.361 e. The zero-order valence-electron chi connectivity index (χ0n) is 17.4. The van der Waals surface area contributed by atoms with Gasteiger partial charge in [0.05, 0.1) is 17.3 Å². The third-order valence-corrected chi connectivity index (χ3v) is 7.27. The monoisotopic (exact) mass is 428 g/mol. The second kappa shape index (κ2) is 8.56. The van der Waals surface area contributed by atoms with Gasteiger partial charge in [0.2, 0.25) is 0 Å². The van der Waals surface area contributed by atoms with E-state index in [1.165, 1.54) is 12.5 Å². The molecule has 0 amide bonds. The van der Waals surface area contributed by atoms with E-state index in [1.54, 1.807) is 0 Å². The molecule has 7 heteroatoms. The van der Waals surface area contributed by atoms with Gasteiger partial charge in [0.15, 0.2) is 0 Å². The lowest BCUT2D eigenvalue weighted by Crippen LogP contribution is -2.23. The van der Waals surface area contributed by atoms with Crippen LogP contribution in [0.1, 0.15) is 24.7 Å². The average molecular weight is 429 g/mol. The van der Waals surface area contributed by atoms with E-state index in [0.717, 1.165) is 47.6 Å². The molecular formula is C22H29ClN4OSi. The molecular weight excluding hydrogens is 400 g/mol. The second-order valence-corrected chi connectivity index (χ2v) is 15.0. The van der Waals surface area contributed by atoms with E-state index in [0.29, 0.717) is 17.9 Å². The molecule has 154 valence electrons. The number of imidazole rings is 1. The van der Waals surface area contributed by atoms with Gasteiger partial charge in [-0.05, 0) is 49.7 Å². The number of halogens is 1. The molecule has 1 unspecified atom stereocenters. The van der Waals surface area contributed by atoms with Gasteiger partial charge in [-0.2, -0.15) is 0 Å². The number of benzene rings is 1. The van der Waals surface area contributed by atoms with Gasteiger partial charge in [0.25, 0.3) is 0 Å². The Labute approximate surface area is 178 Å². The largest absolute Gasteiger partial charge is 0.361 e. The number of hydrogen-bond donors (Lipinski definition) is 1. The van der Waals surface area contributed by atoms with Crippen LogP contribution in [0.2, 0.25) is 30.8 Å². The minimum atomic E-state index is -1.09. The van der Waals surface area contributed by atoms with Crippen LogP contribution < -0.4 is 5.32 Å². The van der Waals surface area contributed by atoms with Crippen molar-refractivity contribution in [1.82, 2.24) is 19.9 Å². The summed E-state index contributed by atoms with van der Waals surface area (Å²) >= 11 is 6.02. The number of nitrogens with zero attached hydrogens (tertiary/aromatic N) is 3. The van der Waals surface area contributed by atoms with E-state index in [-0.39, 0.29) is 0 Å². The first kappa shape index (κ1) is 20.5. The standard InChI is InChI=1S/C22H29ClN4OSi/c1-29(2,3)12-11-28-15-27-14-20(26-22(27)19-5-4-10-24-19)17-6-8-18-16(13-17)7-9-21(23)25-18/h6-9,13-14,19,24H,4-5,10-12,15H2,1-3H3. The van der Waals surface area contributed by atoms with Crippen molar-refractivity contribution in [2.45, 2.75) is 51.3 Å². The number of ether oxygens (including phenoxy) is 1. The molecule has 2 aromatic heterocycles. The second-order valence-electron chi connectivity index (χ2n) is 8.99. The lowest BCUT2D eigenvalue weighted by Gasteiger charge is -2.17. The highest BCUT2D eigenvalue weighted by molar-refractivity contribution is 6.76. The fraction of sp³-hybridized carbons (Fsp3) is 0.455. The van der Waals surface area contributed by atoms with Gasteiger partial charge in [-0.25, -0.2) is 9.97 Å². The summed E-state index contributed by atoms with van der Waals surface area (Å²) in [5, 5.41) is 5.15. The topological polar surface area (TPSA) is 52.0 Å². The molecule has 0 aliphatic carbocycles. The van der Waals surface area contributed by atoms with Crippen LogP contribution in [-0.2, 0) is 11.5 Å². The van der Waals surface area contributed by atoms with E-state index in [4.69, 9.17) is 21.3 Å². The Morgan fingerprint density at radius 3 is 2.83 bits per heavy atom. The van der Waals surface area contributed by atoms with Crippen LogP contribution >= 0.6 is 11.6 Å². The highest BCUT2D eigenvalue weighted by Gasteiger charge is 2.23. The Bertz CT molecular complexity index is 992. The molecule has 1 saturated heterocycles. The molecule has 0 bridgehead atoms. The zero-order valence-corrected chi connectivity index (χ0v) is 19.2. The summed E-state index contributed by atoms with van der Waals surface area (Å²) in [6.07, 6.45) is 4.42. The maximum atomic E-state index is 6.03. The molecule has 4 rings (SSSR count). The van der Waals surface area contributed by atoms with Gasteiger partial charge in [-0.3, -0.25) is 0 Å². The highest BCUT2D eigenvalue weighted by Crippen LogP contribution is 2.28. The average Bonchev–Trinajstić information content (AvgIpc) is 3.33. The number of rotatable bonds is 7. The third kappa shape index (κ3) is 5.06. The molecule has 1 aromatic carbocycles. The van der Waals surface area contributed by atoms with Crippen LogP contribution in [0.3, 0.4) is 0 Å². The molecule has 1 atom stereocenters. The van der Waals surface area contributed by atoms with Gasteiger partial charge in [0.1, 0.15) is 17.7 Å². The Morgan fingerprint density at radius 1 is 1.21 bits per heavy atom. The molecule has 1 N–H and O–H groups in total. The Balaban J connectivity index is 1.59.